The number of aryl methyl sites for hydroxylation is 3. The number of hydrogen-bond acceptors (Lipinski definition) is 0. The molecule has 6 aromatic carbocycles. The molecule has 0 fully saturated rings. The van der Waals surface area contributed by atoms with Crippen LogP contribution in [0.15, 0.2) is 103 Å². The van der Waals surface area contributed by atoms with Gasteiger partial charge in [-0.1, -0.05) is 107 Å². The van der Waals surface area contributed by atoms with E-state index in [9.17, 15) is 35.1 Å². The average Bonchev–Trinajstić information content (AvgIpc) is 3.45. The van der Waals surface area contributed by atoms with Gasteiger partial charge in [-0.05, 0) is 99.7 Å². The maximum Gasteiger partial charge on any atom is 0.200 e. The van der Waals surface area contributed by atoms with E-state index in [2.05, 4.69) is 26.0 Å². The topological polar surface area (TPSA) is 0 Å². The average molecular weight is 707 g/mol. The van der Waals surface area contributed by atoms with Crippen LogP contribution in [0.4, 0.5) is 35.1 Å². The third kappa shape index (κ3) is 9.23. The van der Waals surface area contributed by atoms with Crippen LogP contribution in [-0.4, -0.2) is 0 Å². The first-order valence-corrected chi connectivity index (χ1v) is 16.7. The molecule has 0 nitrogen and oxygen atoms in total. The number of rotatable bonds is 4. The van der Waals surface area contributed by atoms with Crippen molar-refractivity contribution in [3.63, 3.8) is 0 Å². The zero-order valence-corrected chi connectivity index (χ0v) is 28.7. The standard InChI is InChI=1S/C15H13F.C12H11F.C8H5F5.C8H9F/c1-2-10-7-8-12-11-5-3-4-6-13(11)15(16)14(12)9-10;1-2-9-3-4-11-8-12(13)6-5-10(11)7-9;1-2-3-4(9)6(11)8(13)7(12)5(3)10;1-2-7-3-5-8(9)6-4-7/h3-9,15H,2H2,1H3;3-8H,2H2,1H3;2H2,1H3;3-6H,2H2,1H3. The first-order valence-electron chi connectivity index (χ1n) is 16.7. The second kappa shape index (κ2) is 17.8. The Kier molecular flexibility index (Phi) is 13.5. The van der Waals surface area contributed by atoms with E-state index in [1.54, 1.807) is 18.2 Å². The molecule has 0 amide bonds. The Morgan fingerprint density at radius 1 is 0.412 bits per heavy atom. The number of hydrogen-bond donors (Lipinski definition) is 0. The van der Waals surface area contributed by atoms with Crippen molar-refractivity contribution in [3.05, 3.63) is 177 Å². The van der Waals surface area contributed by atoms with E-state index in [1.807, 2.05) is 61.5 Å². The summed E-state index contributed by atoms with van der Waals surface area (Å²) in [6, 6.07) is 31.5. The van der Waals surface area contributed by atoms with Gasteiger partial charge in [-0.2, -0.15) is 0 Å². The normalized spacial score (nSPS) is 12.4. The smallest absolute Gasteiger partial charge is 0.200 e. The lowest BCUT2D eigenvalue weighted by molar-refractivity contribution is 0.370. The molecule has 8 heteroatoms. The third-order valence-corrected chi connectivity index (χ3v) is 8.57. The van der Waals surface area contributed by atoms with Crippen molar-refractivity contribution in [3.8, 4) is 11.1 Å². The fourth-order valence-electron chi connectivity index (χ4n) is 5.58. The molecule has 1 unspecified atom stereocenters. The van der Waals surface area contributed by atoms with E-state index in [0.717, 1.165) is 52.3 Å². The van der Waals surface area contributed by atoms with Crippen LogP contribution in [0, 0.1) is 40.7 Å². The fourth-order valence-corrected chi connectivity index (χ4v) is 5.58. The van der Waals surface area contributed by atoms with Crippen LogP contribution >= 0.6 is 0 Å². The number of benzene rings is 6. The maximum atomic E-state index is 14.2. The Balaban J connectivity index is 0.000000155. The van der Waals surface area contributed by atoms with Crippen molar-refractivity contribution in [1.29, 1.82) is 0 Å². The zero-order chi connectivity index (χ0) is 37.2. The highest BCUT2D eigenvalue weighted by Gasteiger charge is 2.28. The minimum absolute atomic E-state index is 0.160. The van der Waals surface area contributed by atoms with Crippen molar-refractivity contribution < 1.29 is 35.1 Å². The Morgan fingerprint density at radius 2 is 0.882 bits per heavy atom. The highest BCUT2D eigenvalue weighted by atomic mass is 19.2. The van der Waals surface area contributed by atoms with Gasteiger partial charge in [-0.3, -0.25) is 0 Å². The second-order valence-electron chi connectivity index (χ2n) is 11.8. The van der Waals surface area contributed by atoms with Crippen molar-refractivity contribution in [1.82, 2.24) is 0 Å². The Hall–Kier alpha value is -4.98. The lowest BCUT2D eigenvalue weighted by Gasteiger charge is -2.04. The molecule has 0 radical (unpaired) electrons. The molecule has 51 heavy (non-hydrogen) atoms. The molecule has 0 saturated heterocycles. The second-order valence-corrected chi connectivity index (χ2v) is 11.8. The molecule has 266 valence electrons. The van der Waals surface area contributed by atoms with Crippen molar-refractivity contribution in [2.45, 2.75) is 59.5 Å². The van der Waals surface area contributed by atoms with Gasteiger partial charge in [0.15, 0.2) is 29.4 Å². The van der Waals surface area contributed by atoms with Crippen LogP contribution in [0.1, 0.15) is 67.2 Å². The molecule has 0 spiro atoms. The van der Waals surface area contributed by atoms with Gasteiger partial charge in [0.05, 0.1) is 0 Å². The summed E-state index contributed by atoms with van der Waals surface area (Å²) >= 11 is 0. The van der Waals surface area contributed by atoms with Crippen LogP contribution in [0.5, 0.6) is 0 Å². The third-order valence-electron chi connectivity index (χ3n) is 8.57. The van der Waals surface area contributed by atoms with Crippen LogP contribution in [-0.2, 0) is 25.7 Å². The molecule has 6 aromatic rings. The van der Waals surface area contributed by atoms with Crippen LogP contribution < -0.4 is 0 Å². The highest BCUT2D eigenvalue weighted by Crippen LogP contribution is 2.45. The van der Waals surface area contributed by atoms with Crippen molar-refractivity contribution in [2.24, 2.45) is 0 Å². The summed E-state index contributed by atoms with van der Waals surface area (Å²) in [6.45, 7) is 7.56. The van der Waals surface area contributed by atoms with E-state index in [-0.39, 0.29) is 18.1 Å². The van der Waals surface area contributed by atoms with Crippen LogP contribution in [0.3, 0.4) is 0 Å². The molecule has 1 atom stereocenters. The summed E-state index contributed by atoms with van der Waals surface area (Å²) in [5, 5.41) is 2.08. The number of alkyl halides is 1. The largest absolute Gasteiger partial charge is 0.237 e. The molecular formula is C43H38F8. The van der Waals surface area contributed by atoms with E-state index in [4.69, 9.17) is 0 Å². The summed E-state index contributed by atoms with van der Waals surface area (Å²) in [5.74, 6) is -9.74. The minimum atomic E-state index is -2.12. The number of halogens is 8. The number of fused-ring (bicyclic) bond motifs is 4. The molecular weight excluding hydrogens is 668 g/mol. The fraction of sp³-hybridized carbons (Fsp3) is 0.209. The monoisotopic (exact) mass is 706 g/mol. The highest BCUT2D eigenvalue weighted by molar-refractivity contribution is 5.83. The Morgan fingerprint density at radius 3 is 1.49 bits per heavy atom. The molecule has 0 heterocycles. The first kappa shape index (κ1) is 38.8. The SMILES string of the molecule is CCc1c(F)c(F)c(F)c(F)c1F.CCc1ccc(F)cc1.CCc1ccc2c(c1)C(F)c1ccccc1-2.CCc1ccc2cc(F)ccc2c1. The van der Waals surface area contributed by atoms with Gasteiger partial charge in [-0.25, -0.2) is 35.1 Å². The molecule has 0 saturated carbocycles. The van der Waals surface area contributed by atoms with Crippen molar-refractivity contribution in [2.75, 3.05) is 0 Å². The van der Waals surface area contributed by atoms with Crippen LogP contribution in [0.2, 0.25) is 0 Å². The molecule has 0 aliphatic heterocycles. The molecule has 1 aliphatic carbocycles. The molecule has 1 aliphatic rings. The lowest BCUT2D eigenvalue weighted by Crippen LogP contribution is -2.05. The summed E-state index contributed by atoms with van der Waals surface area (Å²) in [6.07, 6.45) is 1.76. The van der Waals surface area contributed by atoms with E-state index in [0.29, 0.717) is 0 Å². The first-order chi connectivity index (χ1) is 24.4. The van der Waals surface area contributed by atoms with Gasteiger partial charge >= 0.3 is 0 Å². The summed E-state index contributed by atoms with van der Waals surface area (Å²) in [5.41, 5.74) is 6.64. The Bertz CT molecular complexity index is 2060. The van der Waals surface area contributed by atoms with Crippen molar-refractivity contribution >= 4 is 10.8 Å². The summed E-state index contributed by atoms with van der Waals surface area (Å²) in [7, 11) is 0. The molecule has 0 aromatic heterocycles. The minimum Gasteiger partial charge on any atom is -0.237 e. The Labute approximate surface area is 293 Å². The molecule has 0 bridgehead atoms. The molecule has 7 rings (SSSR count). The van der Waals surface area contributed by atoms with Gasteiger partial charge in [-0.15, -0.1) is 0 Å². The summed E-state index contributed by atoms with van der Waals surface area (Å²) in [4.78, 5) is 0. The van der Waals surface area contributed by atoms with E-state index < -0.39 is 40.8 Å². The van der Waals surface area contributed by atoms with Gasteiger partial charge in [0.1, 0.15) is 11.6 Å². The summed E-state index contributed by atoms with van der Waals surface area (Å²) < 4.78 is 102. The lowest BCUT2D eigenvalue weighted by atomic mass is 10.0. The zero-order valence-electron chi connectivity index (χ0n) is 28.7. The molecule has 0 N–H and O–H groups in total. The van der Waals surface area contributed by atoms with Gasteiger partial charge < -0.3 is 0 Å². The van der Waals surface area contributed by atoms with Gasteiger partial charge in [0.2, 0.25) is 5.82 Å². The quantitative estimate of drug-likeness (QED) is 0.0973. The van der Waals surface area contributed by atoms with Gasteiger partial charge in [0.25, 0.3) is 0 Å². The van der Waals surface area contributed by atoms with Crippen LogP contribution in [0.25, 0.3) is 21.9 Å². The van der Waals surface area contributed by atoms with E-state index in [1.165, 1.54) is 41.8 Å². The van der Waals surface area contributed by atoms with E-state index >= 15 is 0 Å². The van der Waals surface area contributed by atoms with Gasteiger partial charge in [0, 0.05) is 5.56 Å². The predicted octanol–water partition coefficient (Wildman–Crippen LogP) is 13.2. The maximum absolute atomic E-state index is 14.2. The predicted molar refractivity (Wildman–Crippen MR) is 189 cm³/mol.